The molecule has 1 fully saturated rings. The van der Waals surface area contributed by atoms with Crippen molar-refractivity contribution >= 4 is 12.0 Å². The number of rotatable bonds is 6. The minimum atomic E-state index is -1.04. The Labute approximate surface area is 101 Å². The Kier molecular flexibility index (Phi) is 4.54. The maximum Gasteiger partial charge on any atom is 0.326 e. The lowest BCUT2D eigenvalue weighted by molar-refractivity contribution is -0.139. The summed E-state index contributed by atoms with van der Waals surface area (Å²) in [6, 6.07) is -1.22. The van der Waals surface area contributed by atoms with E-state index in [0.29, 0.717) is 18.4 Å². The molecule has 0 radical (unpaired) electrons. The molecule has 0 aromatic carbocycles. The SMILES string of the molecule is C=CCC(NC(=O)N(C)CC1CC1C)C(=O)O. The van der Waals surface area contributed by atoms with Crippen LogP contribution in [-0.4, -0.2) is 41.6 Å². The molecule has 1 aliphatic rings. The van der Waals surface area contributed by atoms with E-state index in [1.165, 1.54) is 6.08 Å². The van der Waals surface area contributed by atoms with E-state index in [-0.39, 0.29) is 12.5 Å². The number of amides is 2. The summed E-state index contributed by atoms with van der Waals surface area (Å²) in [5, 5.41) is 11.4. The zero-order valence-corrected chi connectivity index (χ0v) is 10.3. The second kappa shape index (κ2) is 5.70. The third-order valence-corrected chi connectivity index (χ3v) is 3.13. The maximum atomic E-state index is 11.7. The highest BCUT2D eigenvalue weighted by molar-refractivity contribution is 5.82. The van der Waals surface area contributed by atoms with Crippen molar-refractivity contribution in [1.82, 2.24) is 10.2 Å². The molecule has 0 aromatic rings. The minimum absolute atomic E-state index is 0.231. The van der Waals surface area contributed by atoms with Gasteiger partial charge in [0, 0.05) is 13.6 Å². The molecule has 2 amide bonds. The first-order valence-electron chi connectivity index (χ1n) is 5.81. The fraction of sp³-hybridized carbons (Fsp3) is 0.667. The number of hydrogen-bond donors (Lipinski definition) is 2. The van der Waals surface area contributed by atoms with Crippen molar-refractivity contribution in [3.8, 4) is 0 Å². The van der Waals surface area contributed by atoms with E-state index in [0.717, 1.165) is 6.42 Å². The highest BCUT2D eigenvalue weighted by Crippen LogP contribution is 2.37. The first kappa shape index (κ1) is 13.5. The normalized spacial score (nSPS) is 23.6. The third-order valence-electron chi connectivity index (χ3n) is 3.13. The molecule has 2 N–H and O–H groups in total. The minimum Gasteiger partial charge on any atom is -0.480 e. The van der Waals surface area contributed by atoms with Gasteiger partial charge in [-0.3, -0.25) is 0 Å². The smallest absolute Gasteiger partial charge is 0.326 e. The molecule has 3 unspecified atom stereocenters. The molecule has 0 aliphatic heterocycles. The molecule has 96 valence electrons. The molecule has 5 nitrogen and oxygen atoms in total. The van der Waals surface area contributed by atoms with Crippen LogP contribution in [0.25, 0.3) is 0 Å². The van der Waals surface area contributed by atoms with Crippen LogP contribution >= 0.6 is 0 Å². The summed E-state index contributed by atoms with van der Waals surface area (Å²) >= 11 is 0. The first-order valence-corrected chi connectivity index (χ1v) is 5.81. The van der Waals surface area contributed by atoms with E-state index in [1.54, 1.807) is 11.9 Å². The van der Waals surface area contributed by atoms with Crippen molar-refractivity contribution in [3.05, 3.63) is 12.7 Å². The van der Waals surface area contributed by atoms with Crippen LogP contribution in [0, 0.1) is 11.8 Å². The lowest BCUT2D eigenvalue weighted by Crippen LogP contribution is -2.47. The van der Waals surface area contributed by atoms with Crippen LogP contribution in [0.2, 0.25) is 0 Å². The van der Waals surface area contributed by atoms with Crippen molar-refractivity contribution in [3.63, 3.8) is 0 Å². The Morgan fingerprint density at radius 3 is 2.65 bits per heavy atom. The highest BCUT2D eigenvalue weighted by atomic mass is 16.4. The Balaban J connectivity index is 2.39. The number of carbonyl (C=O) groups excluding carboxylic acids is 1. The van der Waals surface area contributed by atoms with Gasteiger partial charge >= 0.3 is 12.0 Å². The highest BCUT2D eigenvalue weighted by Gasteiger charge is 2.34. The summed E-state index contributed by atoms with van der Waals surface area (Å²) in [7, 11) is 1.69. The number of hydrogen-bond acceptors (Lipinski definition) is 2. The van der Waals surface area contributed by atoms with E-state index in [9.17, 15) is 9.59 Å². The molecule has 1 aliphatic carbocycles. The van der Waals surface area contributed by atoms with E-state index in [4.69, 9.17) is 5.11 Å². The second-order valence-electron chi connectivity index (χ2n) is 4.72. The quantitative estimate of drug-likeness (QED) is 0.688. The molecule has 0 aromatic heterocycles. The predicted octanol–water partition coefficient (Wildman–Crippen LogP) is 1.31. The average Bonchev–Trinajstić information content (AvgIpc) is 2.93. The number of nitrogens with zero attached hydrogens (tertiary/aromatic N) is 1. The zero-order chi connectivity index (χ0) is 13.0. The third kappa shape index (κ3) is 4.09. The molecule has 1 rings (SSSR count). The van der Waals surface area contributed by atoms with Crippen molar-refractivity contribution in [2.45, 2.75) is 25.8 Å². The largest absolute Gasteiger partial charge is 0.480 e. The van der Waals surface area contributed by atoms with Gasteiger partial charge in [0.1, 0.15) is 6.04 Å². The van der Waals surface area contributed by atoms with E-state index >= 15 is 0 Å². The van der Waals surface area contributed by atoms with Crippen LogP contribution in [0.15, 0.2) is 12.7 Å². The van der Waals surface area contributed by atoms with Gasteiger partial charge in [-0.1, -0.05) is 13.0 Å². The predicted molar refractivity (Wildman–Crippen MR) is 64.7 cm³/mol. The molecule has 17 heavy (non-hydrogen) atoms. The lowest BCUT2D eigenvalue weighted by atomic mass is 10.2. The Morgan fingerprint density at radius 2 is 2.24 bits per heavy atom. The summed E-state index contributed by atoms with van der Waals surface area (Å²) in [6.45, 7) is 6.31. The van der Waals surface area contributed by atoms with Gasteiger partial charge in [-0.25, -0.2) is 9.59 Å². The van der Waals surface area contributed by atoms with Gasteiger partial charge in [-0.2, -0.15) is 0 Å². The topological polar surface area (TPSA) is 69.6 Å². The van der Waals surface area contributed by atoms with Crippen LogP contribution in [0.3, 0.4) is 0 Å². The summed E-state index contributed by atoms with van der Waals surface area (Å²) in [5.41, 5.74) is 0. The van der Waals surface area contributed by atoms with Crippen molar-refractivity contribution in [2.24, 2.45) is 11.8 Å². The van der Waals surface area contributed by atoms with Crippen LogP contribution < -0.4 is 5.32 Å². The number of carboxylic acids is 1. The van der Waals surface area contributed by atoms with Crippen molar-refractivity contribution in [2.75, 3.05) is 13.6 Å². The van der Waals surface area contributed by atoms with Crippen molar-refractivity contribution < 1.29 is 14.7 Å². The Hall–Kier alpha value is -1.52. The molecule has 1 saturated carbocycles. The Bertz CT molecular complexity index is 317. The molecule has 0 spiro atoms. The van der Waals surface area contributed by atoms with E-state index < -0.39 is 12.0 Å². The van der Waals surface area contributed by atoms with Gasteiger partial charge in [-0.05, 0) is 24.7 Å². The number of carbonyl (C=O) groups is 2. The maximum absolute atomic E-state index is 11.7. The van der Waals surface area contributed by atoms with Crippen molar-refractivity contribution in [1.29, 1.82) is 0 Å². The molecule has 0 saturated heterocycles. The molecular weight excluding hydrogens is 220 g/mol. The molecule has 3 atom stereocenters. The summed E-state index contributed by atoms with van der Waals surface area (Å²) in [5.74, 6) is 0.202. The van der Waals surface area contributed by atoms with E-state index in [2.05, 4.69) is 18.8 Å². The van der Waals surface area contributed by atoms with E-state index in [1.807, 2.05) is 0 Å². The molecular formula is C12H20N2O3. The summed E-state index contributed by atoms with van der Waals surface area (Å²) < 4.78 is 0. The zero-order valence-electron chi connectivity index (χ0n) is 10.3. The summed E-state index contributed by atoms with van der Waals surface area (Å²) in [6.07, 6.45) is 2.86. The molecule has 0 heterocycles. The second-order valence-corrected chi connectivity index (χ2v) is 4.72. The lowest BCUT2D eigenvalue weighted by Gasteiger charge is -2.20. The van der Waals surface area contributed by atoms with Gasteiger partial charge in [0.2, 0.25) is 0 Å². The van der Waals surface area contributed by atoms with Gasteiger partial charge in [0.25, 0.3) is 0 Å². The fourth-order valence-electron chi connectivity index (χ4n) is 1.74. The number of carboxylic acid groups (broad SMARTS) is 1. The van der Waals surface area contributed by atoms with Gasteiger partial charge in [0.15, 0.2) is 0 Å². The number of aliphatic carboxylic acids is 1. The van der Waals surface area contributed by atoms with Crippen LogP contribution in [0.4, 0.5) is 4.79 Å². The van der Waals surface area contributed by atoms with Crippen LogP contribution in [0.5, 0.6) is 0 Å². The molecule has 0 bridgehead atoms. The Morgan fingerprint density at radius 1 is 1.65 bits per heavy atom. The van der Waals surface area contributed by atoms with Gasteiger partial charge < -0.3 is 15.3 Å². The first-order chi connectivity index (χ1) is 7.95. The average molecular weight is 240 g/mol. The van der Waals surface area contributed by atoms with Crippen LogP contribution in [-0.2, 0) is 4.79 Å². The standard InChI is InChI=1S/C12H20N2O3/c1-4-5-10(11(15)16)13-12(17)14(3)7-9-6-8(9)2/h4,8-10H,1,5-7H2,2-3H3,(H,13,17)(H,15,16). The summed E-state index contributed by atoms with van der Waals surface area (Å²) in [4.78, 5) is 24.1. The fourth-order valence-corrected chi connectivity index (χ4v) is 1.74. The van der Waals surface area contributed by atoms with Crippen LogP contribution in [0.1, 0.15) is 19.8 Å². The number of nitrogens with one attached hydrogen (secondary N) is 1. The monoisotopic (exact) mass is 240 g/mol. The molecule has 5 heteroatoms. The number of urea groups is 1. The van der Waals surface area contributed by atoms with Gasteiger partial charge in [-0.15, -0.1) is 6.58 Å². The van der Waals surface area contributed by atoms with Gasteiger partial charge in [0.05, 0.1) is 0 Å².